The van der Waals surface area contributed by atoms with Crippen molar-refractivity contribution in [1.29, 1.82) is 0 Å². The van der Waals surface area contributed by atoms with Crippen molar-refractivity contribution >= 4 is 15.9 Å². The Kier molecular flexibility index (Phi) is 4.87. The molecule has 118 valence electrons. The summed E-state index contributed by atoms with van der Waals surface area (Å²) in [5.41, 5.74) is 8.47. The molecule has 0 saturated heterocycles. The summed E-state index contributed by atoms with van der Waals surface area (Å²) in [4.78, 5) is 0. The maximum Gasteiger partial charge on any atom is 0.0178 e. The van der Waals surface area contributed by atoms with Crippen LogP contribution in [0.25, 0.3) is 11.1 Å². The molecule has 1 heteroatoms. The first-order valence-corrected chi connectivity index (χ1v) is 9.16. The van der Waals surface area contributed by atoms with Gasteiger partial charge in [-0.15, -0.1) is 0 Å². The summed E-state index contributed by atoms with van der Waals surface area (Å²) in [5, 5.41) is 0. The van der Waals surface area contributed by atoms with E-state index in [-0.39, 0.29) is 0 Å². The van der Waals surface area contributed by atoms with Gasteiger partial charge in [0.15, 0.2) is 0 Å². The van der Waals surface area contributed by atoms with E-state index in [0.717, 1.165) is 17.3 Å². The van der Waals surface area contributed by atoms with Crippen LogP contribution in [0, 0.1) is 0 Å². The maximum absolute atomic E-state index is 3.58. The molecule has 0 atom stereocenters. The van der Waals surface area contributed by atoms with E-state index < -0.39 is 0 Å². The van der Waals surface area contributed by atoms with Crippen molar-refractivity contribution in [3.05, 3.63) is 81.3 Å². The predicted octanol–water partition coefficient (Wildman–Crippen LogP) is 6.83. The van der Waals surface area contributed by atoms with Crippen LogP contribution >= 0.6 is 15.9 Å². The molecule has 0 fully saturated rings. The second-order valence-electron chi connectivity index (χ2n) is 6.51. The zero-order chi connectivity index (χ0) is 16.4. The molecule has 0 nitrogen and oxygen atoms in total. The number of hydrogen-bond donors (Lipinski definition) is 0. The van der Waals surface area contributed by atoms with Crippen LogP contribution in [0.2, 0.25) is 0 Å². The van der Waals surface area contributed by atoms with Gasteiger partial charge in [-0.3, -0.25) is 0 Å². The lowest BCUT2D eigenvalue weighted by Gasteiger charge is -2.06. The van der Waals surface area contributed by atoms with Crippen molar-refractivity contribution in [3.8, 4) is 11.1 Å². The Hall–Kier alpha value is -1.60. The average molecular weight is 367 g/mol. The molecule has 0 spiro atoms. The highest BCUT2D eigenvalue weighted by atomic mass is 79.9. The molecule has 0 unspecified atom stereocenters. The summed E-state index contributed by atoms with van der Waals surface area (Å²) in [6, 6.07) is 20.2. The molecule has 0 aromatic heterocycles. The third-order valence-electron chi connectivity index (χ3n) is 4.52. The van der Waals surface area contributed by atoms with Gasteiger partial charge in [0.2, 0.25) is 0 Å². The Balaban J connectivity index is 2.10. The molecule has 23 heavy (non-hydrogen) atoms. The molecule has 0 amide bonds. The van der Waals surface area contributed by atoms with Gasteiger partial charge < -0.3 is 0 Å². The summed E-state index contributed by atoms with van der Waals surface area (Å²) in [6.45, 7) is 6.77. The highest BCUT2D eigenvalue weighted by Crippen LogP contribution is 2.35. The van der Waals surface area contributed by atoms with Crippen molar-refractivity contribution in [1.82, 2.24) is 0 Å². The molecule has 3 rings (SSSR count). The molecule has 0 bridgehead atoms. The molecule has 2 aliphatic carbocycles. The highest BCUT2D eigenvalue weighted by molar-refractivity contribution is 9.10. The summed E-state index contributed by atoms with van der Waals surface area (Å²) >= 11 is 3.58. The van der Waals surface area contributed by atoms with E-state index in [1.54, 1.807) is 0 Å². The van der Waals surface area contributed by atoms with E-state index in [1.807, 2.05) is 0 Å². The lowest BCUT2D eigenvalue weighted by molar-refractivity contribution is 0.868. The standard InChI is InChI=1S/C22H23Br/c1-4-17-13-19(11-16-7-5-9-20(23)12-16)22-14-18(15(2)3)8-6-10-21(17)22/h5-10,12-15H,4,11H2,1-3H3. The number of benzene rings is 1. The number of rotatable bonds is 4. The highest BCUT2D eigenvalue weighted by Gasteiger charge is 2.15. The minimum atomic E-state index is 0.546. The van der Waals surface area contributed by atoms with Gasteiger partial charge in [0, 0.05) is 4.47 Å². The van der Waals surface area contributed by atoms with Crippen LogP contribution in [-0.4, -0.2) is 0 Å². The number of halogens is 1. The molecule has 0 N–H and O–H groups in total. The topological polar surface area (TPSA) is 0 Å². The van der Waals surface area contributed by atoms with E-state index in [2.05, 4.69) is 91.3 Å². The largest absolute Gasteiger partial charge is 0.0614 e. The van der Waals surface area contributed by atoms with Crippen LogP contribution in [-0.2, 0) is 12.8 Å². The van der Waals surface area contributed by atoms with E-state index in [4.69, 9.17) is 0 Å². The fourth-order valence-corrected chi connectivity index (χ4v) is 3.66. The van der Waals surface area contributed by atoms with Gasteiger partial charge in [-0.25, -0.2) is 0 Å². The molecule has 1 aromatic carbocycles. The maximum atomic E-state index is 3.58. The Morgan fingerprint density at radius 2 is 1.65 bits per heavy atom. The van der Waals surface area contributed by atoms with E-state index in [0.29, 0.717) is 5.92 Å². The Bertz CT molecular complexity index is 786. The van der Waals surface area contributed by atoms with Gasteiger partial charge in [0.1, 0.15) is 0 Å². The molecule has 0 heterocycles. The third-order valence-corrected chi connectivity index (χ3v) is 5.02. The zero-order valence-corrected chi connectivity index (χ0v) is 15.7. The first-order chi connectivity index (χ1) is 11.1. The summed E-state index contributed by atoms with van der Waals surface area (Å²) < 4.78 is 1.15. The minimum Gasteiger partial charge on any atom is -0.0614 e. The Morgan fingerprint density at radius 1 is 0.870 bits per heavy atom. The van der Waals surface area contributed by atoms with Crippen LogP contribution in [0.5, 0.6) is 0 Å². The quantitative estimate of drug-likeness (QED) is 0.474. The lowest BCUT2D eigenvalue weighted by atomic mass is 9.99. The van der Waals surface area contributed by atoms with Crippen molar-refractivity contribution in [2.24, 2.45) is 0 Å². The molecular formula is C22H23Br. The van der Waals surface area contributed by atoms with Crippen LogP contribution in [0.4, 0.5) is 0 Å². The van der Waals surface area contributed by atoms with Crippen LogP contribution < -0.4 is 0 Å². The van der Waals surface area contributed by atoms with Gasteiger partial charge in [-0.1, -0.05) is 79.2 Å². The smallest absolute Gasteiger partial charge is 0.0178 e. The van der Waals surface area contributed by atoms with E-state index in [1.165, 1.54) is 33.4 Å². The normalized spacial score (nSPS) is 11.3. The second kappa shape index (κ2) is 6.88. The molecular weight excluding hydrogens is 344 g/mol. The third kappa shape index (κ3) is 3.50. The fraction of sp³-hybridized carbons (Fsp3) is 0.273. The van der Waals surface area contributed by atoms with Crippen LogP contribution in [0.1, 0.15) is 48.9 Å². The van der Waals surface area contributed by atoms with Gasteiger partial charge >= 0.3 is 0 Å². The molecule has 0 radical (unpaired) electrons. The van der Waals surface area contributed by atoms with Gasteiger partial charge in [-0.2, -0.15) is 0 Å². The summed E-state index contributed by atoms with van der Waals surface area (Å²) in [6.07, 6.45) is 2.06. The zero-order valence-electron chi connectivity index (χ0n) is 14.1. The fourth-order valence-electron chi connectivity index (χ4n) is 3.21. The van der Waals surface area contributed by atoms with Crippen LogP contribution in [0.3, 0.4) is 0 Å². The Morgan fingerprint density at radius 3 is 2.35 bits per heavy atom. The van der Waals surface area contributed by atoms with Gasteiger partial charge in [0.25, 0.3) is 0 Å². The molecule has 1 aromatic rings. The van der Waals surface area contributed by atoms with Crippen molar-refractivity contribution < 1.29 is 0 Å². The van der Waals surface area contributed by atoms with Crippen molar-refractivity contribution in [2.45, 2.75) is 39.5 Å². The average Bonchev–Trinajstić information content (AvgIpc) is 2.70. The van der Waals surface area contributed by atoms with Gasteiger partial charge in [0.05, 0.1) is 0 Å². The monoisotopic (exact) mass is 366 g/mol. The van der Waals surface area contributed by atoms with E-state index in [9.17, 15) is 0 Å². The molecule has 2 aliphatic rings. The van der Waals surface area contributed by atoms with Gasteiger partial charge in [-0.05, 0) is 64.3 Å². The summed E-state index contributed by atoms with van der Waals surface area (Å²) in [7, 11) is 0. The molecule has 0 aliphatic heterocycles. The number of aryl methyl sites for hydroxylation is 1. The number of fused-ring (bicyclic) bond motifs is 1. The second-order valence-corrected chi connectivity index (χ2v) is 7.42. The van der Waals surface area contributed by atoms with Crippen molar-refractivity contribution in [2.75, 3.05) is 0 Å². The first kappa shape index (κ1) is 16.3. The number of hydrogen-bond acceptors (Lipinski definition) is 0. The summed E-state index contributed by atoms with van der Waals surface area (Å²) in [5.74, 6) is 0.546. The molecule has 0 saturated carbocycles. The van der Waals surface area contributed by atoms with Crippen molar-refractivity contribution in [3.63, 3.8) is 0 Å². The first-order valence-electron chi connectivity index (χ1n) is 8.37. The SMILES string of the molecule is CCc1cc(Cc2cccc(Br)c2)c2cc(C(C)C)cccc1-2. The lowest BCUT2D eigenvalue weighted by Crippen LogP contribution is -1.89. The Labute approximate surface area is 148 Å². The minimum absolute atomic E-state index is 0.546. The predicted molar refractivity (Wildman–Crippen MR) is 103 cm³/mol. The van der Waals surface area contributed by atoms with Crippen LogP contribution in [0.15, 0.2) is 59.1 Å². The van der Waals surface area contributed by atoms with E-state index >= 15 is 0 Å².